The molecule has 0 nitrogen and oxygen atoms in total. The molecule has 0 fully saturated rings. The van der Waals surface area contributed by atoms with Gasteiger partial charge in [-0.15, -0.1) is 0 Å². The van der Waals surface area contributed by atoms with E-state index < -0.39 is 0 Å². The second-order valence-corrected chi connectivity index (χ2v) is 5.88. The number of hydrogen-bond acceptors (Lipinski definition) is 0. The molecular weight excluding hydrogens is 227 g/mol. The molecular formula is C9H16SiZr. The van der Waals surface area contributed by atoms with E-state index in [0.29, 0.717) is 5.04 Å². The summed E-state index contributed by atoms with van der Waals surface area (Å²) in [7, 11) is 1.24. The van der Waals surface area contributed by atoms with Crippen molar-refractivity contribution in [3.63, 3.8) is 0 Å². The quantitative estimate of drug-likeness (QED) is 0.570. The largest absolute Gasteiger partial charge is 0.0751 e. The zero-order valence-electron chi connectivity index (χ0n) is 8.08. The van der Waals surface area contributed by atoms with Crippen LogP contribution in [0.3, 0.4) is 0 Å². The molecule has 1 aliphatic rings. The summed E-state index contributed by atoms with van der Waals surface area (Å²) >= 11 is 0. The fourth-order valence-electron chi connectivity index (χ4n) is 1.54. The van der Waals surface area contributed by atoms with E-state index in [2.05, 4.69) is 33.8 Å². The molecule has 0 amide bonds. The molecule has 0 aromatic carbocycles. The summed E-state index contributed by atoms with van der Waals surface area (Å²) in [6.07, 6.45) is 2.41. The van der Waals surface area contributed by atoms with Gasteiger partial charge in [0, 0.05) is 36.4 Å². The van der Waals surface area contributed by atoms with Gasteiger partial charge in [0.25, 0.3) is 0 Å². The van der Waals surface area contributed by atoms with Gasteiger partial charge in [-0.3, -0.25) is 0 Å². The van der Waals surface area contributed by atoms with E-state index in [0.717, 1.165) is 0 Å². The van der Waals surface area contributed by atoms with Crippen molar-refractivity contribution in [2.75, 3.05) is 0 Å². The third-order valence-corrected chi connectivity index (χ3v) is 3.74. The van der Waals surface area contributed by atoms with Crippen molar-refractivity contribution in [3.8, 4) is 0 Å². The van der Waals surface area contributed by atoms with Crippen LogP contribution >= 0.6 is 0 Å². The van der Waals surface area contributed by atoms with Crippen molar-refractivity contribution in [1.29, 1.82) is 0 Å². The Hall–Kier alpha value is 0.580. The van der Waals surface area contributed by atoms with Crippen LogP contribution in [0.4, 0.5) is 0 Å². The Bertz CT molecular complexity index is 224. The summed E-state index contributed by atoms with van der Waals surface area (Å²) in [6.45, 7) is 9.02. The normalized spacial score (nSPS) is 30.4. The SMILES string of the molecule is CC1=CC(C)([SiH3])C(C)=C1C.[Zr]. The molecule has 0 aromatic heterocycles. The van der Waals surface area contributed by atoms with Gasteiger partial charge in [-0.1, -0.05) is 24.1 Å². The average Bonchev–Trinajstić information content (AvgIpc) is 1.95. The predicted octanol–water partition coefficient (Wildman–Crippen LogP) is 1.82. The van der Waals surface area contributed by atoms with E-state index in [1.807, 2.05) is 0 Å². The van der Waals surface area contributed by atoms with Crippen LogP contribution in [-0.4, -0.2) is 10.2 Å². The predicted molar refractivity (Wildman–Crippen MR) is 50.4 cm³/mol. The summed E-state index contributed by atoms with van der Waals surface area (Å²) in [4.78, 5) is 0. The second-order valence-electron chi connectivity index (χ2n) is 3.80. The van der Waals surface area contributed by atoms with Crippen molar-refractivity contribution in [2.24, 2.45) is 0 Å². The minimum Gasteiger partial charge on any atom is -0.0751 e. The molecule has 1 rings (SSSR count). The van der Waals surface area contributed by atoms with Gasteiger partial charge in [0.05, 0.1) is 0 Å². The van der Waals surface area contributed by atoms with Crippen LogP contribution in [0.1, 0.15) is 27.7 Å². The van der Waals surface area contributed by atoms with Gasteiger partial charge in [0.15, 0.2) is 0 Å². The zero-order chi connectivity index (χ0) is 7.94. The maximum absolute atomic E-state index is 2.41. The fraction of sp³-hybridized carbons (Fsp3) is 0.556. The summed E-state index contributed by atoms with van der Waals surface area (Å²) in [5.41, 5.74) is 4.57. The van der Waals surface area contributed by atoms with E-state index in [1.165, 1.54) is 21.4 Å². The summed E-state index contributed by atoms with van der Waals surface area (Å²) in [6, 6.07) is 0. The summed E-state index contributed by atoms with van der Waals surface area (Å²) in [5, 5.41) is 0.453. The fourth-order valence-corrected chi connectivity index (χ4v) is 2.34. The number of rotatable bonds is 0. The van der Waals surface area contributed by atoms with E-state index >= 15 is 0 Å². The van der Waals surface area contributed by atoms with Crippen LogP contribution in [-0.2, 0) is 26.2 Å². The molecule has 0 aromatic rings. The molecule has 1 aliphatic carbocycles. The molecule has 1 unspecified atom stereocenters. The van der Waals surface area contributed by atoms with Crippen LogP contribution in [0.5, 0.6) is 0 Å². The molecule has 0 heterocycles. The standard InChI is InChI=1S/C9H16Si.Zr/c1-6-5-9(4,10)8(3)7(6)2;/h5H,1-4,10H3;. The number of allylic oxidation sites excluding steroid dienone is 4. The van der Waals surface area contributed by atoms with Gasteiger partial charge in [-0.2, -0.15) is 0 Å². The Morgan fingerprint density at radius 1 is 1.27 bits per heavy atom. The maximum atomic E-state index is 2.41. The average molecular weight is 244 g/mol. The molecule has 0 spiro atoms. The molecule has 11 heavy (non-hydrogen) atoms. The molecule has 1 atom stereocenters. The van der Waals surface area contributed by atoms with E-state index in [4.69, 9.17) is 0 Å². The van der Waals surface area contributed by atoms with Crippen LogP contribution in [0.25, 0.3) is 0 Å². The van der Waals surface area contributed by atoms with Crippen LogP contribution in [0, 0.1) is 0 Å². The van der Waals surface area contributed by atoms with Gasteiger partial charge in [0.2, 0.25) is 0 Å². The van der Waals surface area contributed by atoms with Crippen molar-refractivity contribution in [3.05, 3.63) is 22.8 Å². The second kappa shape index (κ2) is 3.53. The smallest absolute Gasteiger partial charge is 0.0202 e. The van der Waals surface area contributed by atoms with Crippen molar-refractivity contribution < 1.29 is 26.2 Å². The first-order chi connectivity index (χ1) is 4.45. The topological polar surface area (TPSA) is 0 Å². The molecule has 2 heteroatoms. The van der Waals surface area contributed by atoms with Gasteiger partial charge in [-0.25, -0.2) is 0 Å². The van der Waals surface area contributed by atoms with Gasteiger partial charge in [-0.05, 0) is 31.4 Å². The molecule has 0 saturated heterocycles. The summed E-state index contributed by atoms with van der Waals surface area (Å²) < 4.78 is 0. The Morgan fingerprint density at radius 3 is 1.82 bits per heavy atom. The van der Waals surface area contributed by atoms with Gasteiger partial charge >= 0.3 is 0 Å². The zero-order valence-corrected chi connectivity index (χ0v) is 12.5. The van der Waals surface area contributed by atoms with Crippen molar-refractivity contribution >= 4 is 10.2 Å². The minimum atomic E-state index is 0. The first-order valence-electron chi connectivity index (χ1n) is 3.83. The third-order valence-electron chi connectivity index (χ3n) is 2.70. The van der Waals surface area contributed by atoms with Gasteiger partial charge < -0.3 is 0 Å². The Kier molecular flexibility index (Phi) is 3.72. The van der Waals surface area contributed by atoms with E-state index in [-0.39, 0.29) is 26.2 Å². The first kappa shape index (κ1) is 11.6. The molecule has 0 bridgehead atoms. The monoisotopic (exact) mass is 242 g/mol. The van der Waals surface area contributed by atoms with Crippen LogP contribution in [0.2, 0.25) is 5.04 Å². The Morgan fingerprint density at radius 2 is 1.73 bits per heavy atom. The molecule has 0 aliphatic heterocycles. The van der Waals surface area contributed by atoms with Gasteiger partial charge in [0.1, 0.15) is 0 Å². The minimum absolute atomic E-state index is 0. The molecule has 60 valence electrons. The molecule has 0 N–H and O–H groups in total. The maximum Gasteiger partial charge on any atom is 0.0202 e. The molecule has 0 radical (unpaired) electrons. The van der Waals surface area contributed by atoms with Crippen molar-refractivity contribution in [2.45, 2.75) is 32.7 Å². The Labute approximate surface area is 91.7 Å². The van der Waals surface area contributed by atoms with Crippen molar-refractivity contribution in [1.82, 2.24) is 0 Å². The Balaban J connectivity index is 0.000001000. The summed E-state index contributed by atoms with van der Waals surface area (Å²) in [5.74, 6) is 0. The van der Waals surface area contributed by atoms with E-state index in [9.17, 15) is 0 Å². The molecule has 0 saturated carbocycles. The van der Waals surface area contributed by atoms with Crippen LogP contribution in [0.15, 0.2) is 22.8 Å². The third kappa shape index (κ3) is 2.03. The van der Waals surface area contributed by atoms with E-state index in [1.54, 1.807) is 5.57 Å². The van der Waals surface area contributed by atoms with Crippen LogP contribution < -0.4 is 0 Å². The first-order valence-corrected chi connectivity index (χ1v) is 4.83. The number of hydrogen-bond donors (Lipinski definition) is 0.